The molecule has 1 aliphatic heterocycles. The van der Waals surface area contributed by atoms with Crippen molar-refractivity contribution in [3.63, 3.8) is 0 Å². The highest BCUT2D eigenvalue weighted by Gasteiger charge is 2.45. The number of nitriles is 2. The average Bonchev–Trinajstić information content (AvgIpc) is 3.23. The van der Waals surface area contributed by atoms with Crippen LogP contribution in [0.3, 0.4) is 0 Å². The van der Waals surface area contributed by atoms with Gasteiger partial charge in [0.2, 0.25) is 5.91 Å². The van der Waals surface area contributed by atoms with Crippen LogP contribution in [-0.4, -0.2) is 28.9 Å². The molecule has 0 radical (unpaired) electrons. The molecule has 1 N–H and O–H groups in total. The first-order chi connectivity index (χ1) is 11.2. The lowest BCUT2D eigenvalue weighted by atomic mass is 9.88. The van der Waals surface area contributed by atoms with Gasteiger partial charge in [0.25, 0.3) is 0 Å². The topological polar surface area (TPSA) is 92.8 Å². The Balaban J connectivity index is 1.75. The van der Waals surface area contributed by atoms with E-state index >= 15 is 0 Å². The van der Waals surface area contributed by atoms with Gasteiger partial charge in [-0.25, -0.2) is 4.98 Å². The van der Waals surface area contributed by atoms with Crippen molar-refractivity contribution in [3.8, 4) is 22.7 Å². The molecule has 2 heterocycles. The van der Waals surface area contributed by atoms with Gasteiger partial charge in [0.1, 0.15) is 0 Å². The number of nitrogens with one attached hydrogen (secondary N) is 1. The maximum absolute atomic E-state index is 12.5. The van der Waals surface area contributed by atoms with Crippen LogP contribution in [0.4, 0.5) is 5.13 Å². The normalized spacial score (nSPS) is 19.8. The Morgan fingerprint density at radius 1 is 1.35 bits per heavy atom. The van der Waals surface area contributed by atoms with Gasteiger partial charge in [-0.05, 0) is 12.0 Å². The molecule has 0 aliphatic carbocycles. The number of thiazole rings is 1. The van der Waals surface area contributed by atoms with Crippen molar-refractivity contribution in [1.82, 2.24) is 9.88 Å². The van der Waals surface area contributed by atoms with Crippen LogP contribution in [0, 0.1) is 28.2 Å². The fraction of sp³-hybridized carbons (Fsp3) is 0.250. The average molecular weight is 323 g/mol. The number of carbonyl (C=O) groups is 1. The predicted octanol–water partition coefficient (Wildman–Crippen LogP) is 2.45. The zero-order valence-electron chi connectivity index (χ0n) is 12.2. The maximum Gasteiger partial charge on any atom is 0.248 e. The van der Waals surface area contributed by atoms with Gasteiger partial charge >= 0.3 is 0 Å². The molecular formula is C16H13N5OS. The summed E-state index contributed by atoms with van der Waals surface area (Å²) in [6.07, 6.45) is 4.03. The van der Waals surface area contributed by atoms with E-state index in [2.05, 4.69) is 16.4 Å². The van der Waals surface area contributed by atoms with Gasteiger partial charge in [0.05, 0.1) is 17.5 Å². The lowest BCUT2D eigenvalue weighted by molar-refractivity contribution is -0.122. The van der Waals surface area contributed by atoms with Crippen LogP contribution in [0.1, 0.15) is 6.42 Å². The summed E-state index contributed by atoms with van der Waals surface area (Å²) in [5.74, 6) is -0.397. The third kappa shape index (κ3) is 2.87. The Hall–Kier alpha value is -2.90. The second-order valence-electron chi connectivity index (χ2n) is 5.32. The number of nitrogens with zero attached hydrogens (tertiary/aromatic N) is 4. The van der Waals surface area contributed by atoms with Crippen LogP contribution in [0.25, 0.3) is 10.4 Å². The summed E-state index contributed by atoms with van der Waals surface area (Å²) in [5, 5.41) is 21.5. The first-order valence-electron chi connectivity index (χ1n) is 7.05. The van der Waals surface area contributed by atoms with Crippen molar-refractivity contribution in [2.75, 3.05) is 18.4 Å². The van der Waals surface area contributed by atoms with Crippen LogP contribution in [0.2, 0.25) is 0 Å². The van der Waals surface area contributed by atoms with Crippen LogP contribution in [-0.2, 0) is 4.79 Å². The SMILES string of the molecule is N#CN1CCC(C#N)(C(=O)Nc2ncc(-c3ccccc3)s2)C1. The highest BCUT2D eigenvalue weighted by molar-refractivity contribution is 7.19. The lowest BCUT2D eigenvalue weighted by Crippen LogP contribution is -2.37. The van der Waals surface area contributed by atoms with Gasteiger partial charge in [-0.2, -0.15) is 10.5 Å². The Kier molecular flexibility index (Phi) is 3.96. The molecular weight excluding hydrogens is 310 g/mol. The molecule has 1 fully saturated rings. The smallest absolute Gasteiger partial charge is 0.248 e. The first kappa shape index (κ1) is 15.0. The first-order valence-corrected chi connectivity index (χ1v) is 7.87. The van der Waals surface area contributed by atoms with Crippen LogP contribution >= 0.6 is 11.3 Å². The number of anilines is 1. The number of hydrogen-bond acceptors (Lipinski definition) is 6. The fourth-order valence-corrected chi connectivity index (χ4v) is 3.32. The molecule has 1 atom stereocenters. The van der Waals surface area contributed by atoms with E-state index in [1.165, 1.54) is 16.2 Å². The van der Waals surface area contributed by atoms with E-state index in [0.29, 0.717) is 18.1 Å². The zero-order valence-corrected chi connectivity index (χ0v) is 13.0. The van der Waals surface area contributed by atoms with E-state index in [-0.39, 0.29) is 6.54 Å². The monoisotopic (exact) mass is 323 g/mol. The van der Waals surface area contributed by atoms with Crippen molar-refractivity contribution in [3.05, 3.63) is 36.5 Å². The largest absolute Gasteiger partial charge is 0.308 e. The highest BCUT2D eigenvalue weighted by Crippen LogP contribution is 2.33. The van der Waals surface area contributed by atoms with Crippen LogP contribution < -0.4 is 5.32 Å². The number of rotatable bonds is 3. The van der Waals surface area contributed by atoms with Gasteiger partial charge in [-0.1, -0.05) is 41.7 Å². The molecule has 23 heavy (non-hydrogen) atoms. The van der Waals surface area contributed by atoms with E-state index in [1.54, 1.807) is 6.20 Å². The van der Waals surface area contributed by atoms with Gasteiger partial charge in [0.15, 0.2) is 16.7 Å². The minimum atomic E-state index is -1.19. The fourth-order valence-electron chi connectivity index (χ4n) is 2.51. The Bertz CT molecular complexity index is 804. The van der Waals surface area contributed by atoms with Crippen molar-refractivity contribution >= 4 is 22.4 Å². The third-order valence-corrected chi connectivity index (χ3v) is 4.81. The summed E-state index contributed by atoms with van der Waals surface area (Å²) < 4.78 is 0. The number of carbonyl (C=O) groups excluding carboxylic acids is 1. The molecule has 0 saturated carbocycles. The van der Waals surface area contributed by atoms with Gasteiger partial charge in [-0.3, -0.25) is 4.79 Å². The van der Waals surface area contributed by atoms with E-state index in [1.807, 2.05) is 36.5 Å². The number of benzene rings is 1. The quantitative estimate of drug-likeness (QED) is 0.876. The molecule has 7 heteroatoms. The molecule has 2 aromatic rings. The standard InChI is InChI=1S/C16H13N5OS/c17-9-16(6-7-21(10-16)11-18)14(22)20-15-19-8-13(23-15)12-4-2-1-3-5-12/h1-5,8H,6-7,10H2,(H,19,20,22). The Morgan fingerprint density at radius 2 is 2.13 bits per heavy atom. The Morgan fingerprint density at radius 3 is 2.78 bits per heavy atom. The molecule has 6 nitrogen and oxygen atoms in total. The van der Waals surface area contributed by atoms with Gasteiger partial charge in [-0.15, -0.1) is 0 Å². The van der Waals surface area contributed by atoms with Crippen molar-refractivity contribution in [2.45, 2.75) is 6.42 Å². The molecule has 0 bridgehead atoms. The van der Waals surface area contributed by atoms with E-state index in [0.717, 1.165) is 10.4 Å². The Labute approximate surface area is 137 Å². The van der Waals surface area contributed by atoms with Gasteiger partial charge in [0, 0.05) is 12.7 Å². The molecule has 1 aliphatic rings. The number of likely N-dealkylation sites (tertiary alicyclic amines) is 1. The number of aromatic nitrogens is 1. The summed E-state index contributed by atoms with van der Waals surface area (Å²) in [4.78, 5) is 19.1. The molecule has 3 rings (SSSR count). The van der Waals surface area contributed by atoms with Crippen LogP contribution in [0.5, 0.6) is 0 Å². The summed E-state index contributed by atoms with van der Waals surface area (Å²) in [6.45, 7) is 0.549. The molecule has 1 saturated heterocycles. The second kappa shape index (κ2) is 6.07. The predicted molar refractivity (Wildman–Crippen MR) is 86.0 cm³/mol. The van der Waals surface area contributed by atoms with E-state index in [4.69, 9.17) is 5.26 Å². The minimum absolute atomic E-state index is 0.128. The zero-order chi connectivity index (χ0) is 16.3. The summed E-state index contributed by atoms with van der Waals surface area (Å²) in [7, 11) is 0. The summed E-state index contributed by atoms with van der Waals surface area (Å²) in [6, 6.07) is 11.8. The second-order valence-corrected chi connectivity index (χ2v) is 6.35. The summed E-state index contributed by atoms with van der Waals surface area (Å²) >= 11 is 1.36. The molecule has 1 unspecified atom stereocenters. The molecule has 114 valence electrons. The highest BCUT2D eigenvalue weighted by atomic mass is 32.1. The number of amides is 1. The van der Waals surface area contributed by atoms with E-state index < -0.39 is 11.3 Å². The van der Waals surface area contributed by atoms with Crippen LogP contribution in [0.15, 0.2) is 36.5 Å². The molecule has 1 amide bonds. The van der Waals surface area contributed by atoms with Crippen molar-refractivity contribution in [1.29, 1.82) is 10.5 Å². The molecule has 1 aromatic carbocycles. The third-order valence-electron chi connectivity index (χ3n) is 3.84. The summed E-state index contributed by atoms with van der Waals surface area (Å²) in [5.41, 5.74) is -0.161. The molecule has 1 aromatic heterocycles. The van der Waals surface area contributed by atoms with Crippen molar-refractivity contribution < 1.29 is 4.79 Å². The number of hydrogen-bond donors (Lipinski definition) is 1. The molecule has 0 spiro atoms. The van der Waals surface area contributed by atoms with Crippen molar-refractivity contribution in [2.24, 2.45) is 5.41 Å². The van der Waals surface area contributed by atoms with Gasteiger partial charge < -0.3 is 10.2 Å². The van der Waals surface area contributed by atoms with E-state index in [9.17, 15) is 10.1 Å². The maximum atomic E-state index is 12.5. The minimum Gasteiger partial charge on any atom is -0.308 e. The lowest BCUT2D eigenvalue weighted by Gasteiger charge is -2.17.